The van der Waals surface area contributed by atoms with Crippen LogP contribution in [0.2, 0.25) is 0 Å². The van der Waals surface area contributed by atoms with Crippen LogP contribution in [0, 0.1) is 4.64 Å². The smallest absolute Gasteiger partial charge is 0.300 e. The van der Waals surface area contributed by atoms with E-state index in [2.05, 4.69) is 25.3 Å². The van der Waals surface area contributed by atoms with Crippen LogP contribution >= 0.6 is 12.2 Å². The van der Waals surface area contributed by atoms with Gasteiger partial charge in [-0.1, -0.05) is 12.2 Å². The number of aromatic amines is 2. The fourth-order valence-electron chi connectivity index (χ4n) is 1.10. The zero-order valence-electron chi connectivity index (χ0n) is 9.44. The molecule has 17 heavy (non-hydrogen) atoms. The topological polar surface area (TPSA) is 107 Å². The van der Waals surface area contributed by atoms with Crippen molar-refractivity contribution in [1.82, 2.24) is 19.9 Å². The predicted octanol–water partition coefficient (Wildman–Crippen LogP) is 1.54. The lowest BCUT2D eigenvalue weighted by Crippen LogP contribution is -2.02. The van der Waals surface area contributed by atoms with Crippen LogP contribution in [-0.4, -0.2) is 37.6 Å². The lowest BCUT2D eigenvalue weighted by molar-refractivity contribution is -0.134. The number of hydrogen-bond acceptors (Lipinski definition) is 5. The molecule has 0 aliphatic rings. The van der Waals surface area contributed by atoms with Crippen molar-refractivity contribution in [2.45, 2.75) is 13.8 Å². The number of rotatable bonds is 2. The summed E-state index contributed by atoms with van der Waals surface area (Å²) in [6.07, 6.45) is 1.59. The van der Waals surface area contributed by atoms with E-state index in [9.17, 15) is 0 Å². The summed E-state index contributed by atoms with van der Waals surface area (Å²) < 4.78 is 0.530. The first-order chi connectivity index (χ1) is 8.04. The second-order valence-electron chi connectivity index (χ2n) is 3.07. The Morgan fingerprint density at radius 2 is 2.29 bits per heavy atom. The van der Waals surface area contributed by atoms with Crippen molar-refractivity contribution in [1.29, 1.82) is 0 Å². The van der Waals surface area contributed by atoms with Crippen molar-refractivity contribution in [3.63, 3.8) is 0 Å². The van der Waals surface area contributed by atoms with Gasteiger partial charge in [-0.15, -0.1) is 0 Å². The fraction of sp³-hybridized carbons (Fsp3) is 0.333. The second kappa shape index (κ2) is 5.94. The molecule has 0 atom stereocenters. The largest absolute Gasteiger partial charge is 0.481 e. The third-order valence-electron chi connectivity index (χ3n) is 1.65. The van der Waals surface area contributed by atoms with E-state index in [1.54, 1.807) is 6.33 Å². The van der Waals surface area contributed by atoms with E-state index in [1.807, 2.05) is 6.92 Å². The molecule has 0 spiro atoms. The van der Waals surface area contributed by atoms with Gasteiger partial charge in [0.15, 0.2) is 10.3 Å². The van der Waals surface area contributed by atoms with Crippen molar-refractivity contribution in [2.24, 2.45) is 0 Å². The molecular formula is C9H13N5O2S. The lowest BCUT2D eigenvalue weighted by Gasteiger charge is -2.00. The Labute approximate surface area is 102 Å². The molecule has 0 radical (unpaired) electrons. The molecule has 0 fully saturated rings. The van der Waals surface area contributed by atoms with Crippen LogP contribution in [0.3, 0.4) is 0 Å². The Morgan fingerprint density at radius 3 is 2.88 bits per heavy atom. The summed E-state index contributed by atoms with van der Waals surface area (Å²) in [5, 5.41) is 10.5. The van der Waals surface area contributed by atoms with Crippen LogP contribution in [-0.2, 0) is 4.79 Å². The zero-order chi connectivity index (χ0) is 12.8. The molecule has 0 saturated carbocycles. The summed E-state index contributed by atoms with van der Waals surface area (Å²) in [5.74, 6) is -0.174. The molecule has 4 N–H and O–H groups in total. The van der Waals surface area contributed by atoms with E-state index in [1.165, 1.54) is 0 Å². The summed E-state index contributed by atoms with van der Waals surface area (Å²) in [6, 6.07) is 0. The maximum absolute atomic E-state index is 9.00. The second-order valence-corrected chi connectivity index (χ2v) is 3.45. The van der Waals surface area contributed by atoms with Gasteiger partial charge in [-0.2, -0.15) is 0 Å². The van der Waals surface area contributed by atoms with Gasteiger partial charge in [0.1, 0.15) is 5.52 Å². The molecule has 92 valence electrons. The number of anilines is 1. The van der Waals surface area contributed by atoms with Crippen LogP contribution < -0.4 is 5.32 Å². The van der Waals surface area contributed by atoms with Gasteiger partial charge in [-0.25, -0.2) is 9.97 Å². The number of aliphatic carboxylic acids is 1. The van der Waals surface area contributed by atoms with Gasteiger partial charge >= 0.3 is 0 Å². The van der Waals surface area contributed by atoms with E-state index in [4.69, 9.17) is 22.1 Å². The number of hydrogen-bond donors (Lipinski definition) is 4. The molecule has 7 nitrogen and oxygen atoms in total. The number of H-pyrrole nitrogens is 2. The minimum Gasteiger partial charge on any atom is -0.481 e. The maximum Gasteiger partial charge on any atom is 0.300 e. The number of nitrogens with zero attached hydrogens (tertiary/aromatic N) is 2. The van der Waals surface area contributed by atoms with Crippen molar-refractivity contribution in [2.75, 3.05) is 11.9 Å². The summed E-state index contributed by atoms with van der Waals surface area (Å²) in [4.78, 5) is 23.1. The molecule has 0 aromatic carbocycles. The zero-order valence-corrected chi connectivity index (χ0v) is 10.3. The van der Waals surface area contributed by atoms with E-state index < -0.39 is 5.97 Å². The van der Waals surface area contributed by atoms with Gasteiger partial charge in [-0.05, 0) is 6.92 Å². The number of carboxylic acids is 1. The van der Waals surface area contributed by atoms with Crippen molar-refractivity contribution >= 4 is 35.3 Å². The molecule has 2 aromatic rings. The molecule has 0 bridgehead atoms. The molecule has 2 heterocycles. The molecule has 2 aromatic heterocycles. The van der Waals surface area contributed by atoms with Gasteiger partial charge in [0, 0.05) is 13.5 Å². The highest BCUT2D eigenvalue weighted by atomic mass is 32.1. The minimum absolute atomic E-state index is 0.530. The Morgan fingerprint density at radius 1 is 1.65 bits per heavy atom. The van der Waals surface area contributed by atoms with Crippen LogP contribution in [0.5, 0.6) is 0 Å². The van der Waals surface area contributed by atoms with Crippen molar-refractivity contribution in [3.05, 3.63) is 11.0 Å². The Hall–Kier alpha value is -1.96. The average Bonchev–Trinajstić information content (AvgIpc) is 2.65. The monoisotopic (exact) mass is 255 g/mol. The van der Waals surface area contributed by atoms with Gasteiger partial charge in [-0.3, -0.25) is 4.79 Å². The molecule has 8 heteroatoms. The molecule has 0 unspecified atom stereocenters. The summed E-state index contributed by atoms with van der Waals surface area (Å²) in [6.45, 7) is 3.88. The van der Waals surface area contributed by atoms with E-state index in [0.717, 1.165) is 24.6 Å². The molecule has 0 saturated heterocycles. The normalized spacial score (nSPS) is 9.53. The Balaban J connectivity index is 0.000000317. The number of aromatic nitrogens is 4. The van der Waals surface area contributed by atoms with E-state index >= 15 is 0 Å². The van der Waals surface area contributed by atoms with Crippen LogP contribution in [0.1, 0.15) is 13.8 Å². The highest BCUT2D eigenvalue weighted by Gasteiger charge is 2.01. The quantitative estimate of drug-likeness (QED) is 0.606. The number of fused-ring (bicyclic) bond motifs is 1. The summed E-state index contributed by atoms with van der Waals surface area (Å²) in [5.41, 5.74) is 1.51. The van der Waals surface area contributed by atoms with Crippen LogP contribution in [0.25, 0.3) is 11.2 Å². The summed E-state index contributed by atoms with van der Waals surface area (Å²) in [7, 11) is 0. The average molecular weight is 255 g/mol. The van der Waals surface area contributed by atoms with Gasteiger partial charge in [0.25, 0.3) is 5.97 Å². The van der Waals surface area contributed by atoms with Crippen LogP contribution in [0.15, 0.2) is 6.33 Å². The number of carboxylic acid groups (broad SMARTS) is 1. The Kier molecular flexibility index (Phi) is 4.58. The van der Waals surface area contributed by atoms with Gasteiger partial charge in [0.2, 0.25) is 5.95 Å². The highest BCUT2D eigenvalue weighted by molar-refractivity contribution is 7.71. The van der Waals surface area contributed by atoms with Crippen molar-refractivity contribution < 1.29 is 9.90 Å². The molecule has 0 aliphatic carbocycles. The minimum atomic E-state index is -0.833. The number of carbonyl (C=O) groups is 1. The maximum atomic E-state index is 9.00. The van der Waals surface area contributed by atoms with Gasteiger partial charge < -0.3 is 20.4 Å². The third kappa shape index (κ3) is 3.83. The fourth-order valence-corrected chi connectivity index (χ4v) is 1.35. The van der Waals surface area contributed by atoms with Crippen molar-refractivity contribution in [3.8, 4) is 0 Å². The lowest BCUT2D eigenvalue weighted by atomic mass is 10.5. The SMILES string of the molecule is CC(=O)O.CCNc1nc(=S)c2[nH]cnc2[nH]1. The molecule has 2 rings (SSSR count). The predicted molar refractivity (Wildman–Crippen MR) is 66.5 cm³/mol. The molecular weight excluding hydrogens is 242 g/mol. The first-order valence-electron chi connectivity index (χ1n) is 4.91. The number of nitrogens with one attached hydrogen (secondary N) is 3. The van der Waals surface area contributed by atoms with E-state index in [-0.39, 0.29) is 0 Å². The van der Waals surface area contributed by atoms with E-state index in [0.29, 0.717) is 10.6 Å². The third-order valence-corrected chi connectivity index (χ3v) is 1.94. The molecule has 0 amide bonds. The Bertz CT molecular complexity index is 558. The number of imidazole rings is 1. The summed E-state index contributed by atoms with van der Waals surface area (Å²) >= 11 is 5.07. The first kappa shape index (κ1) is 13.1. The highest BCUT2D eigenvalue weighted by Crippen LogP contribution is 2.09. The van der Waals surface area contributed by atoms with Gasteiger partial charge in [0.05, 0.1) is 6.33 Å². The van der Waals surface area contributed by atoms with Crippen LogP contribution in [0.4, 0.5) is 5.95 Å². The standard InChI is InChI=1S/C7H9N5S.C2H4O2/c1-2-8-7-11-5-4(6(13)12-7)9-3-10-5;1-2(3)4/h3H,2H2,1H3,(H3,8,9,10,11,12,13);1H3,(H,3,4). The first-order valence-corrected chi connectivity index (χ1v) is 5.32. The molecule has 0 aliphatic heterocycles.